The standard InChI is InChI=1S/C23H23NO5/c1-15(24-16(2)25)3-4-17-5-7-18(8-6-17)21(26)14-28-20-11-9-19-10-12-23(27)29-22(19)13-20/h5-13,15H,3-4,14H2,1-2H3,(H,24,25). The monoisotopic (exact) mass is 393 g/mol. The van der Waals surface area contributed by atoms with Crippen LogP contribution in [0.15, 0.2) is 63.8 Å². The lowest BCUT2D eigenvalue weighted by Crippen LogP contribution is -2.30. The van der Waals surface area contributed by atoms with E-state index in [4.69, 9.17) is 9.15 Å². The van der Waals surface area contributed by atoms with E-state index >= 15 is 0 Å². The van der Waals surface area contributed by atoms with Crippen LogP contribution < -0.4 is 15.7 Å². The largest absolute Gasteiger partial charge is 0.485 e. The molecule has 3 aromatic rings. The third-order valence-electron chi connectivity index (χ3n) is 4.56. The first kappa shape index (κ1) is 20.3. The molecule has 1 N–H and O–H groups in total. The SMILES string of the molecule is CC(=O)NC(C)CCc1ccc(C(=O)COc2ccc3ccc(=O)oc3c2)cc1. The van der Waals surface area contributed by atoms with Crippen molar-refractivity contribution < 1.29 is 18.7 Å². The van der Waals surface area contributed by atoms with Gasteiger partial charge in [-0.25, -0.2) is 4.79 Å². The lowest BCUT2D eigenvalue weighted by atomic mass is 10.0. The number of carbonyl (C=O) groups is 2. The molecule has 0 aliphatic rings. The van der Waals surface area contributed by atoms with Crippen molar-refractivity contribution in [3.05, 3.63) is 76.1 Å². The summed E-state index contributed by atoms with van der Waals surface area (Å²) in [5.74, 6) is 0.286. The maximum absolute atomic E-state index is 12.4. The fourth-order valence-corrected chi connectivity index (χ4v) is 3.02. The molecule has 6 nitrogen and oxygen atoms in total. The summed E-state index contributed by atoms with van der Waals surface area (Å²) in [6.45, 7) is 3.36. The van der Waals surface area contributed by atoms with E-state index in [0.717, 1.165) is 23.8 Å². The van der Waals surface area contributed by atoms with Crippen molar-refractivity contribution >= 4 is 22.7 Å². The molecule has 1 amide bonds. The first-order valence-electron chi connectivity index (χ1n) is 9.46. The highest BCUT2D eigenvalue weighted by Crippen LogP contribution is 2.19. The second kappa shape index (κ2) is 9.19. The van der Waals surface area contributed by atoms with Gasteiger partial charge in [-0.3, -0.25) is 9.59 Å². The lowest BCUT2D eigenvalue weighted by molar-refractivity contribution is -0.119. The minimum atomic E-state index is -0.433. The fourth-order valence-electron chi connectivity index (χ4n) is 3.02. The van der Waals surface area contributed by atoms with Crippen molar-refractivity contribution in [3.63, 3.8) is 0 Å². The lowest BCUT2D eigenvalue weighted by Gasteiger charge is -2.12. The van der Waals surface area contributed by atoms with Gasteiger partial charge in [0, 0.05) is 36.0 Å². The molecule has 29 heavy (non-hydrogen) atoms. The van der Waals surface area contributed by atoms with E-state index in [-0.39, 0.29) is 24.3 Å². The number of Topliss-reactive ketones (excluding diaryl/α,β-unsaturated/α-hetero) is 1. The van der Waals surface area contributed by atoms with Gasteiger partial charge in [0.1, 0.15) is 11.3 Å². The summed E-state index contributed by atoms with van der Waals surface area (Å²) in [4.78, 5) is 34.8. The van der Waals surface area contributed by atoms with Gasteiger partial charge in [-0.15, -0.1) is 0 Å². The van der Waals surface area contributed by atoms with Crippen LogP contribution in [0.5, 0.6) is 5.75 Å². The molecule has 1 aromatic heterocycles. The summed E-state index contributed by atoms with van der Waals surface area (Å²) in [6, 6.07) is 15.6. The van der Waals surface area contributed by atoms with Crippen LogP contribution in [-0.4, -0.2) is 24.3 Å². The predicted molar refractivity (Wildman–Crippen MR) is 110 cm³/mol. The number of rotatable bonds is 8. The summed E-state index contributed by atoms with van der Waals surface area (Å²) >= 11 is 0. The van der Waals surface area contributed by atoms with E-state index in [1.165, 1.54) is 13.0 Å². The van der Waals surface area contributed by atoms with Crippen molar-refractivity contribution in [2.24, 2.45) is 0 Å². The fraction of sp³-hybridized carbons (Fsp3) is 0.261. The van der Waals surface area contributed by atoms with Crippen LogP contribution in [0, 0.1) is 0 Å². The highest BCUT2D eigenvalue weighted by molar-refractivity contribution is 5.97. The maximum Gasteiger partial charge on any atom is 0.336 e. The highest BCUT2D eigenvalue weighted by atomic mass is 16.5. The molecule has 0 fully saturated rings. The van der Waals surface area contributed by atoms with Gasteiger partial charge in [-0.1, -0.05) is 24.3 Å². The summed E-state index contributed by atoms with van der Waals surface area (Å²) in [5, 5.41) is 3.64. The summed E-state index contributed by atoms with van der Waals surface area (Å²) in [6.07, 6.45) is 1.64. The first-order chi connectivity index (χ1) is 13.9. The van der Waals surface area contributed by atoms with Gasteiger partial charge >= 0.3 is 5.63 Å². The Morgan fingerprint density at radius 1 is 1.07 bits per heavy atom. The normalized spacial score (nSPS) is 11.8. The third-order valence-corrected chi connectivity index (χ3v) is 4.56. The molecule has 0 bridgehead atoms. The Morgan fingerprint density at radius 2 is 1.79 bits per heavy atom. The Labute approximate surface area is 168 Å². The molecule has 1 unspecified atom stereocenters. The second-order valence-corrected chi connectivity index (χ2v) is 7.00. The molecule has 6 heteroatoms. The number of aryl methyl sites for hydroxylation is 1. The minimum absolute atomic E-state index is 0.0352. The number of hydrogen-bond acceptors (Lipinski definition) is 5. The zero-order valence-electron chi connectivity index (χ0n) is 16.4. The van der Waals surface area contributed by atoms with Crippen molar-refractivity contribution in [3.8, 4) is 5.75 Å². The Bertz CT molecular complexity index is 1070. The molecular weight excluding hydrogens is 370 g/mol. The molecule has 0 radical (unpaired) electrons. The van der Waals surface area contributed by atoms with E-state index < -0.39 is 5.63 Å². The Hall–Kier alpha value is -3.41. The number of benzene rings is 2. The zero-order valence-corrected chi connectivity index (χ0v) is 16.4. The molecule has 3 rings (SSSR count). The Balaban J connectivity index is 1.55. The predicted octanol–water partition coefficient (Wildman–Crippen LogP) is 3.51. The van der Waals surface area contributed by atoms with Crippen molar-refractivity contribution in [1.29, 1.82) is 0 Å². The third kappa shape index (κ3) is 5.78. The molecule has 0 saturated heterocycles. The second-order valence-electron chi connectivity index (χ2n) is 7.00. The van der Waals surface area contributed by atoms with E-state index in [1.54, 1.807) is 36.4 Å². The molecule has 1 heterocycles. The van der Waals surface area contributed by atoms with Crippen LogP contribution in [0.3, 0.4) is 0 Å². The van der Waals surface area contributed by atoms with Gasteiger partial charge in [0.25, 0.3) is 0 Å². The quantitative estimate of drug-likeness (QED) is 0.468. The van der Waals surface area contributed by atoms with E-state index in [1.807, 2.05) is 19.1 Å². The molecule has 0 aliphatic carbocycles. The summed E-state index contributed by atoms with van der Waals surface area (Å²) in [5.41, 5.74) is 1.65. The number of hydrogen-bond donors (Lipinski definition) is 1. The van der Waals surface area contributed by atoms with Gasteiger partial charge in [0.2, 0.25) is 5.91 Å². The van der Waals surface area contributed by atoms with Crippen molar-refractivity contribution in [2.75, 3.05) is 6.61 Å². The highest BCUT2D eigenvalue weighted by Gasteiger charge is 2.09. The molecular formula is C23H23NO5. The van der Waals surface area contributed by atoms with Crippen LogP contribution in [0.2, 0.25) is 0 Å². The smallest absolute Gasteiger partial charge is 0.336 e. The van der Waals surface area contributed by atoms with E-state index in [2.05, 4.69) is 5.32 Å². The molecule has 0 spiro atoms. The molecule has 0 saturated carbocycles. The average molecular weight is 393 g/mol. The van der Waals surface area contributed by atoms with Gasteiger partial charge in [-0.2, -0.15) is 0 Å². The molecule has 150 valence electrons. The number of nitrogens with one attached hydrogen (secondary N) is 1. The van der Waals surface area contributed by atoms with Gasteiger partial charge in [0.15, 0.2) is 12.4 Å². The first-order valence-corrected chi connectivity index (χ1v) is 9.46. The average Bonchev–Trinajstić information content (AvgIpc) is 2.70. The van der Waals surface area contributed by atoms with Gasteiger partial charge < -0.3 is 14.5 Å². The number of ether oxygens (including phenoxy) is 1. The Morgan fingerprint density at radius 3 is 2.52 bits per heavy atom. The Kier molecular flexibility index (Phi) is 6.44. The van der Waals surface area contributed by atoms with Gasteiger partial charge in [-0.05, 0) is 43.5 Å². The van der Waals surface area contributed by atoms with E-state index in [0.29, 0.717) is 16.9 Å². The van der Waals surface area contributed by atoms with Crippen LogP contribution in [-0.2, 0) is 11.2 Å². The molecule has 0 aliphatic heterocycles. The van der Waals surface area contributed by atoms with E-state index in [9.17, 15) is 14.4 Å². The number of fused-ring (bicyclic) bond motifs is 1. The minimum Gasteiger partial charge on any atom is -0.485 e. The van der Waals surface area contributed by atoms with Crippen molar-refractivity contribution in [1.82, 2.24) is 5.32 Å². The van der Waals surface area contributed by atoms with Crippen LogP contribution >= 0.6 is 0 Å². The summed E-state index contributed by atoms with van der Waals surface area (Å²) < 4.78 is 10.7. The molecule has 1 atom stereocenters. The number of carbonyl (C=O) groups excluding carboxylic acids is 2. The maximum atomic E-state index is 12.4. The topological polar surface area (TPSA) is 85.6 Å². The summed E-state index contributed by atoms with van der Waals surface area (Å²) in [7, 11) is 0. The molecule has 2 aromatic carbocycles. The van der Waals surface area contributed by atoms with Crippen molar-refractivity contribution in [2.45, 2.75) is 32.7 Å². The number of amides is 1. The van der Waals surface area contributed by atoms with Crippen LogP contribution in [0.25, 0.3) is 11.0 Å². The van der Waals surface area contributed by atoms with Gasteiger partial charge in [0.05, 0.1) is 0 Å². The van der Waals surface area contributed by atoms with Crippen LogP contribution in [0.1, 0.15) is 36.2 Å². The zero-order chi connectivity index (χ0) is 20.8. The van der Waals surface area contributed by atoms with Crippen LogP contribution in [0.4, 0.5) is 0 Å². The number of ketones is 1.